The summed E-state index contributed by atoms with van der Waals surface area (Å²) in [5, 5.41) is 9.20. The molecule has 0 unspecified atom stereocenters. The molecule has 1 amide bonds. The van der Waals surface area contributed by atoms with Crippen LogP contribution < -0.4 is 10.6 Å². The summed E-state index contributed by atoms with van der Waals surface area (Å²) in [7, 11) is 1.53. The minimum atomic E-state index is -1.13. The van der Waals surface area contributed by atoms with Crippen LogP contribution in [0.15, 0.2) is 23.7 Å². The number of aromatic nitrogens is 1. The number of nitrogens with zero attached hydrogens (tertiary/aromatic N) is 2. The standard InChI is InChI=1S/C13H13N3O3S/c1-7-11(20-6-15-7)12(17)16(2)10-4-3-8(14)5-9(10)13(18)19/h3-6H,14H2,1-2H3,(H,18,19). The van der Waals surface area contributed by atoms with Crippen molar-refractivity contribution in [3.05, 3.63) is 39.8 Å². The van der Waals surface area contributed by atoms with Gasteiger partial charge in [0.25, 0.3) is 5.91 Å². The van der Waals surface area contributed by atoms with Gasteiger partial charge in [0, 0.05) is 12.7 Å². The maximum Gasteiger partial charge on any atom is 0.337 e. The number of aryl methyl sites for hydroxylation is 1. The molecule has 1 aromatic heterocycles. The van der Waals surface area contributed by atoms with Gasteiger partial charge in [0.2, 0.25) is 0 Å². The first kappa shape index (κ1) is 14.0. The summed E-state index contributed by atoms with van der Waals surface area (Å²) in [6, 6.07) is 4.42. The van der Waals surface area contributed by atoms with Gasteiger partial charge in [-0.15, -0.1) is 11.3 Å². The zero-order chi connectivity index (χ0) is 14.9. The van der Waals surface area contributed by atoms with Gasteiger partial charge in [0.15, 0.2) is 0 Å². The van der Waals surface area contributed by atoms with Crippen molar-refractivity contribution in [3.63, 3.8) is 0 Å². The van der Waals surface area contributed by atoms with Crippen molar-refractivity contribution < 1.29 is 14.7 Å². The van der Waals surface area contributed by atoms with Crippen molar-refractivity contribution in [2.24, 2.45) is 0 Å². The highest BCUT2D eigenvalue weighted by Crippen LogP contribution is 2.25. The molecule has 0 saturated carbocycles. The molecule has 1 aromatic carbocycles. The number of aromatic carboxylic acids is 1. The number of thiazole rings is 1. The summed E-state index contributed by atoms with van der Waals surface area (Å²) >= 11 is 1.22. The fraction of sp³-hybridized carbons (Fsp3) is 0.154. The number of anilines is 2. The number of carboxylic acid groups (broad SMARTS) is 1. The van der Waals surface area contributed by atoms with Crippen LogP contribution in [0.5, 0.6) is 0 Å². The highest BCUT2D eigenvalue weighted by molar-refractivity contribution is 7.12. The molecule has 0 saturated heterocycles. The number of nitrogens with two attached hydrogens (primary N) is 1. The number of hydrogen-bond acceptors (Lipinski definition) is 5. The Morgan fingerprint density at radius 3 is 2.65 bits per heavy atom. The molecule has 0 fully saturated rings. The number of amides is 1. The molecule has 0 aliphatic carbocycles. The minimum Gasteiger partial charge on any atom is -0.478 e. The van der Waals surface area contributed by atoms with Crippen LogP contribution in [-0.2, 0) is 0 Å². The minimum absolute atomic E-state index is 0.0111. The van der Waals surface area contributed by atoms with Crippen LogP contribution in [0.1, 0.15) is 25.7 Å². The van der Waals surface area contributed by atoms with E-state index in [2.05, 4.69) is 4.98 Å². The third-order valence-electron chi connectivity index (χ3n) is 2.86. The highest BCUT2D eigenvalue weighted by atomic mass is 32.1. The Hall–Kier alpha value is -2.41. The van der Waals surface area contributed by atoms with Crippen LogP contribution in [0, 0.1) is 6.92 Å². The predicted molar refractivity (Wildman–Crippen MR) is 77.4 cm³/mol. The Labute approximate surface area is 119 Å². The average molecular weight is 291 g/mol. The second-order valence-corrected chi connectivity index (χ2v) is 5.07. The second kappa shape index (κ2) is 5.30. The van der Waals surface area contributed by atoms with E-state index < -0.39 is 5.97 Å². The van der Waals surface area contributed by atoms with E-state index in [0.717, 1.165) is 0 Å². The van der Waals surface area contributed by atoms with Crippen molar-refractivity contribution >= 4 is 34.6 Å². The largest absolute Gasteiger partial charge is 0.478 e. The van der Waals surface area contributed by atoms with Gasteiger partial charge in [0.05, 0.1) is 22.5 Å². The Morgan fingerprint density at radius 1 is 1.40 bits per heavy atom. The van der Waals surface area contributed by atoms with Crippen molar-refractivity contribution in [3.8, 4) is 0 Å². The summed E-state index contributed by atoms with van der Waals surface area (Å²) in [6.45, 7) is 1.73. The zero-order valence-corrected chi connectivity index (χ0v) is 11.8. The molecule has 104 valence electrons. The molecule has 0 radical (unpaired) electrons. The molecule has 0 aliphatic heterocycles. The van der Waals surface area contributed by atoms with E-state index in [-0.39, 0.29) is 11.5 Å². The van der Waals surface area contributed by atoms with Crippen LogP contribution in [0.3, 0.4) is 0 Å². The molecule has 6 nitrogen and oxygen atoms in total. The van der Waals surface area contributed by atoms with Crippen LogP contribution >= 0.6 is 11.3 Å². The molecule has 0 spiro atoms. The molecule has 0 aliphatic rings. The zero-order valence-electron chi connectivity index (χ0n) is 11.0. The summed E-state index contributed by atoms with van der Waals surface area (Å²) in [6.07, 6.45) is 0. The van der Waals surface area contributed by atoms with Crippen LogP contribution in [0.25, 0.3) is 0 Å². The Morgan fingerprint density at radius 2 is 2.10 bits per heavy atom. The first-order valence-corrected chi connectivity index (χ1v) is 6.60. The molecule has 20 heavy (non-hydrogen) atoms. The van der Waals surface area contributed by atoms with E-state index in [1.807, 2.05) is 0 Å². The number of rotatable bonds is 3. The van der Waals surface area contributed by atoms with Crippen molar-refractivity contribution in [1.29, 1.82) is 0 Å². The molecular formula is C13H13N3O3S. The number of nitrogen functional groups attached to an aromatic ring is 1. The van der Waals surface area contributed by atoms with E-state index in [9.17, 15) is 14.7 Å². The molecule has 7 heteroatoms. The lowest BCUT2D eigenvalue weighted by atomic mass is 10.1. The molecule has 0 bridgehead atoms. The molecule has 2 rings (SSSR count). The number of carbonyl (C=O) groups excluding carboxylic acids is 1. The first-order valence-electron chi connectivity index (χ1n) is 5.72. The van der Waals surface area contributed by atoms with E-state index in [1.165, 1.54) is 35.4 Å². The van der Waals surface area contributed by atoms with Gasteiger partial charge in [-0.2, -0.15) is 0 Å². The lowest BCUT2D eigenvalue weighted by molar-refractivity contribution is 0.0698. The van der Waals surface area contributed by atoms with Gasteiger partial charge < -0.3 is 15.7 Å². The van der Waals surface area contributed by atoms with Gasteiger partial charge in [0.1, 0.15) is 4.88 Å². The molecule has 0 atom stereocenters. The van der Waals surface area contributed by atoms with Crippen LogP contribution in [-0.4, -0.2) is 29.0 Å². The van der Waals surface area contributed by atoms with Crippen LogP contribution in [0.4, 0.5) is 11.4 Å². The van der Waals surface area contributed by atoms with E-state index in [4.69, 9.17) is 5.73 Å². The summed E-state index contributed by atoms with van der Waals surface area (Å²) in [5.41, 5.74) is 8.41. The summed E-state index contributed by atoms with van der Waals surface area (Å²) in [5.74, 6) is -1.43. The number of benzene rings is 1. The third kappa shape index (κ3) is 2.48. The maximum absolute atomic E-state index is 12.4. The monoisotopic (exact) mass is 291 g/mol. The Bertz CT molecular complexity index is 681. The fourth-order valence-corrected chi connectivity index (χ4v) is 2.56. The van der Waals surface area contributed by atoms with Gasteiger partial charge in [-0.3, -0.25) is 4.79 Å². The second-order valence-electron chi connectivity index (χ2n) is 4.21. The van der Waals surface area contributed by atoms with Crippen molar-refractivity contribution in [2.75, 3.05) is 17.7 Å². The van der Waals surface area contributed by atoms with E-state index >= 15 is 0 Å². The fourth-order valence-electron chi connectivity index (χ4n) is 1.79. The van der Waals surface area contributed by atoms with E-state index in [0.29, 0.717) is 21.9 Å². The lowest BCUT2D eigenvalue weighted by Crippen LogP contribution is -2.27. The first-order chi connectivity index (χ1) is 9.41. The molecule has 3 N–H and O–H groups in total. The number of carboxylic acids is 1. The Balaban J connectivity index is 2.44. The van der Waals surface area contributed by atoms with Crippen molar-refractivity contribution in [1.82, 2.24) is 4.98 Å². The quantitative estimate of drug-likeness (QED) is 0.843. The predicted octanol–water partition coefficient (Wildman–Crippen LogP) is 2.01. The van der Waals surface area contributed by atoms with Gasteiger partial charge >= 0.3 is 5.97 Å². The highest BCUT2D eigenvalue weighted by Gasteiger charge is 2.22. The van der Waals surface area contributed by atoms with E-state index in [1.54, 1.807) is 18.5 Å². The third-order valence-corrected chi connectivity index (χ3v) is 3.77. The van der Waals surface area contributed by atoms with Gasteiger partial charge in [-0.1, -0.05) is 0 Å². The number of carbonyl (C=O) groups is 2. The Kier molecular flexibility index (Phi) is 3.71. The normalized spacial score (nSPS) is 10.3. The molecular weight excluding hydrogens is 278 g/mol. The van der Waals surface area contributed by atoms with Gasteiger partial charge in [-0.25, -0.2) is 9.78 Å². The SMILES string of the molecule is Cc1ncsc1C(=O)N(C)c1ccc(N)cc1C(=O)O. The summed E-state index contributed by atoms with van der Waals surface area (Å²) in [4.78, 5) is 29.4. The smallest absolute Gasteiger partial charge is 0.337 e. The topological polar surface area (TPSA) is 96.5 Å². The average Bonchev–Trinajstić information content (AvgIpc) is 2.83. The number of hydrogen-bond donors (Lipinski definition) is 2. The summed E-state index contributed by atoms with van der Waals surface area (Å²) < 4.78 is 0. The maximum atomic E-state index is 12.4. The molecule has 1 heterocycles. The van der Waals surface area contributed by atoms with Gasteiger partial charge in [-0.05, 0) is 25.1 Å². The van der Waals surface area contributed by atoms with Crippen molar-refractivity contribution in [2.45, 2.75) is 6.92 Å². The van der Waals surface area contributed by atoms with Crippen LogP contribution in [0.2, 0.25) is 0 Å². The molecule has 2 aromatic rings. The lowest BCUT2D eigenvalue weighted by Gasteiger charge is -2.19.